The summed E-state index contributed by atoms with van der Waals surface area (Å²) in [7, 11) is 0. The molecule has 0 aliphatic heterocycles. The largest absolute Gasteiger partial charge is 0.381 e. The van der Waals surface area contributed by atoms with Gasteiger partial charge in [-0.3, -0.25) is 20.4 Å². The van der Waals surface area contributed by atoms with Gasteiger partial charge in [-0.15, -0.1) is 0 Å². The van der Waals surface area contributed by atoms with Crippen molar-refractivity contribution in [2.75, 3.05) is 26.4 Å². The molecule has 0 fully saturated rings. The van der Waals surface area contributed by atoms with Crippen LogP contribution in [-0.2, 0) is 19.1 Å². The van der Waals surface area contributed by atoms with Gasteiger partial charge in [-0.2, -0.15) is 0 Å². The maximum Gasteiger partial charge on any atom is 0.236 e. The molecule has 0 aliphatic carbocycles. The van der Waals surface area contributed by atoms with Gasteiger partial charge in [-0.25, -0.2) is 11.7 Å². The molecule has 0 aromatic carbocycles. The van der Waals surface area contributed by atoms with Crippen molar-refractivity contribution in [1.29, 1.82) is 0 Å². The van der Waals surface area contributed by atoms with Crippen molar-refractivity contribution in [3.8, 4) is 0 Å². The summed E-state index contributed by atoms with van der Waals surface area (Å²) in [6.45, 7) is 1.87. The van der Waals surface area contributed by atoms with E-state index in [1.807, 2.05) is 10.9 Å². The molecule has 2 amide bonds. The number of amides is 2. The molecule has 0 heterocycles. The molecule has 0 spiro atoms. The van der Waals surface area contributed by atoms with Crippen LogP contribution in [0.25, 0.3) is 0 Å². The highest BCUT2D eigenvalue weighted by Gasteiger charge is 1.99. The smallest absolute Gasteiger partial charge is 0.236 e. The molecule has 6 N–H and O–H groups in total. The van der Waals surface area contributed by atoms with E-state index in [-0.39, 0.29) is 24.7 Å². The first kappa shape index (κ1) is 16.8. The van der Waals surface area contributed by atoms with Crippen LogP contribution >= 0.6 is 0 Å². The fraction of sp³-hybridized carbons (Fsp3) is 0.800. The molecule has 0 unspecified atom stereocenters. The lowest BCUT2D eigenvalue weighted by atomic mass is 10.3. The van der Waals surface area contributed by atoms with Crippen molar-refractivity contribution >= 4 is 11.8 Å². The fourth-order valence-electron chi connectivity index (χ4n) is 1.09. The van der Waals surface area contributed by atoms with Gasteiger partial charge in [0.2, 0.25) is 11.8 Å². The molecule has 0 rings (SSSR count). The zero-order chi connectivity index (χ0) is 13.6. The zero-order valence-corrected chi connectivity index (χ0v) is 10.4. The minimum atomic E-state index is -0.239. The van der Waals surface area contributed by atoms with Gasteiger partial charge >= 0.3 is 0 Å². The zero-order valence-electron chi connectivity index (χ0n) is 10.4. The number of hydrogen-bond donors (Lipinski definition) is 4. The Kier molecular flexibility index (Phi) is 11.4. The van der Waals surface area contributed by atoms with Gasteiger partial charge in [0, 0.05) is 13.2 Å². The van der Waals surface area contributed by atoms with Crippen molar-refractivity contribution in [2.24, 2.45) is 11.7 Å². The van der Waals surface area contributed by atoms with Crippen LogP contribution in [-0.4, -0.2) is 38.2 Å². The SMILES string of the molecule is NNC(=O)CCOCCCCOCCC(=O)NN. The molecule has 0 aromatic heterocycles. The van der Waals surface area contributed by atoms with Crippen LogP contribution in [0.3, 0.4) is 0 Å². The van der Waals surface area contributed by atoms with E-state index in [2.05, 4.69) is 0 Å². The lowest BCUT2D eigenvalue weighted by Crippen LogP contribution is -2.30. The molecule has 8 nitrogen and oxygen atoms in total. The molecular formula is C10H22N4O4. The van der Waals surface area contributed by atoms with E-state index in [9.17, 15) is 9.59 Å². The monoisotopic (exact) mass is 262 g/mol. The van der Waals surface area contributed by atoms with Crippen LogP contribution in [0, 0.1) is 0 Å². The summed E-state index contributed by atoms with van der Waals surface area (Å²) < 4.78 is 10.4. The van der Waals surface area contributed by atoms with E-state index < -0.39 is 0 Å². The average molecular weight is 262 g/mol. The Hall–Kier alpha value is -1.22. The number of carbonyl (C=O) groups is 2. The second-order valence-corrected chi connectivity index (χ2v) is 3.57. The van der Waals surface area contributed by atoms with Crippen molar-refractivity contribution in [3.05, 3.63) is 0 Å². The summed E-state index contributed by atoms with van der Waals surface area (Å²) in [6, 6.07) is 0. The van der Waals surface area contributed by atoms with Crippen LogP contribution in [0.4, 0.5) is 0 Å². The quantitative estimate of drug-likeness (QED) is 0.156. The minimum Gasteiger partial charge on any atom is -0.381 e. The number of nitrogens with one attached hydrogen (secondary N) is 2. The molecule has 0 atom stereocenters. The normalized spacial score (nSPS) is 10.1. The summed E-state index contributed by atoms with van der Waals surface area (Å²) in [5.41, 5.74) is 4.05. The lowest BCUT2D eigenvalue weighted by molar-refractivity contribution is -0.123. The maximum absolute atomic E-state index is 10.7. The van der Waals surface area contributed by atoms with E-state index in [4.69, 9.17) is 21.2 Å². The molecule has 0 aromatic rings. The first-order valence-electron chi connectivity index (χ1n) is 5.85. The predicted molar refractivity (Wildman–Crippen MR) is 64.8 cm³/mol. The molecule has 0 saturated heterocycles. The van der Waals surface area contributed by atoms with Crippen LogP contribution in [0.5, 0.6) is 0 Å². The Morgan fingerprint density at radius 1 is 0.778 bits per heavy atom. The molecule has 0 bridgehead atoms. The van der Waals surface area contributed by atoms with Crippen molar-refractivity contribution < 1.29 is 19.1 Å². The number of hydrogen-bond acceptors (Lipinski definition) is 6. The van der Waals surface area contributed by atoms with Gasteiger partial charge < -0.3 is 9.47 Å². The average Bonchev–Trinajstić information content (AvgIpc) is 2.40. The highest BCUT2D eigenvalue weighted by molar-refractivity contribution is 5.75. The highest BCUT2D eigenvalue weighted by atomic mass is 16.5. The van der Waals surface area contributed by atoms with Gasteiger partial charge in [0.25, 0.3) is 0 Å². The predicted octanol–water partition coefficient (Wildman–Crippen LogP) is -1.44. The number of unbranched alkanes of at least 4 members (excludes halogenated alkanes) is 1. The number of nitrogens with two attached hydrogens (primary N) is 2. The first-order valence-corrected chi connectivity index (χ1v) is 5.85. The van der Waals surface area contributed by atoms with E-state index in [1.165, 1.54) is 0 Å². The first-order chi connectivity index (χ1) is 8.70. The van der Waals surface area contributed by atoms with Gasteiger partial charge in [-0.1, -0.05) is 0 Å². The Morgan fingerprint density at radius 2 is 1.17 bits per heavy atom. The summed E-state index contributed by atoms with van der Waals surface area (Å²) >= 11 is 0. The lowest BCUT2D eigenvalue weighted by Gasteiger charge is -2.05. The summed E-state index contributed by atoms with van der Waals surface area (Å²) in [5.74, 6) is 9.33. The standard InChI is InChI=1S/C10H22N4O4/c11-13-9(15)3-7-17-5-1-2-6-18-8-4-10(16)14-12/h1-8,11-12H2,(H,13,15)(H,14,16). The van der Waals surface area contributed by atoms with E-state index >= 15 is 0 Å². The van der Waals surface area contributed by atoms with Gasteiger partial charge in [0.1, 0.15) is 0 Å². The molecule has 106 valence electrons. The molecule has 0 radical (unpaired) electrons. The van der Waals surface area contributed by atoms with Crippen LogP contribution in [0.1, 0.15) is 25.7 Å². The van der Waals surface area contributed by atoms with Gasteiger partial charge in [0.15, 0.2) is 0 Å². The molecule has 0 aliphatic rings. The second-order valence-electron chi connectivity index (χ2n) is 3.57. The molecule has 8 heteroatoms. The number of carbonyl (C=O) groups excluding carboxylic acids is 2. The third-order valence-electron chi connectivity index (χ3n) is 2.10. The fourth-order valence-corrected chi connectivity index (χ4v) is 1.09. The van der Waals surface area contributed by atoms with Crippen LogP contribution in [0.2, 0.25) is 0 Å². The molecule has 0 saturated carbocycles. The topological polar surface area (TPSA) is 129 Å². The maximum atomic E-state index is 10.7. The number of rotatable bonds is 11. The second kappa shape index (κ2) is 12.2. The van der Waals surface area contributed by atoms with Crippen LogP contribution in [0.15, 0.2) is 0 Å². The molecule has 18 heavy (non-hydrogen) atoms. The third-order valence-corrected chi connectivity index (χ3v) is 2.10. The Bertz CT molecular complexity index is 214. The minimum absolute atomic E-state index is 0.239. The van der Waals surface area contributed by atoms with Crippen LogP contribution < -0.4 is 22.5 Å². The van der Waals surface area contributed by atoms with E-state index in [1.54, 1.807) is 0 Å². The van der Waals surface area contributed by atoms with Crippen molar-refractivity contribution in [1.82, 2.24) is 10.9 Å². The summed E-state index contributed by atoms with van der Waals surface area (Å²) in [6.07, 6.45) is 2.21. The third kappa shape index (κ3) is 11.3. The van der Waals surface area contributed by atoms with E-state index in [0.29, 0.717) is 26.4 Å². The molecular weight excluding hydrogens is 240 g/mol. The van der Waals surface area contributed by atoms with Crippen molar-refractivity contribution in [3.63, 3.8) is 0 Å². The Morgan fingerprint density at radius 3 is 1.50 bits per heavy atom. The highest BCUT2D eigenvalue weighted by Crippen LogP contribution is 1.93. The van der Waals surface area contributed by atoms with Gasteiger partial charge in [0.05, 0.1) is 26.1 Å². The Labute approximate surface area is 106 Å². The van der Waals surface area contributed by atoms with Gasteiger partial charge in [-0.05, 0) is 12.8 Å². The number of ether oxygens (including phenoxy) is 2. The number of hydrazine groups is 2. The van der Waals surface area contributed by atoms with Crippen molar-refractivity contribution in [2.45, 2.75) is 25.7 Å². The summed E-state index contributed by atoms with van der Waals surface area (Å²) in [4.78, 5) is 21.4. The van der Waals surface area contributed by atoms with E-state index in [0.717, 1.165) is 12.8 Å². The Balaban J connectivity index is 3.07. The summed E-state index contributed by atoms with van der Waals surface area (Å²) in [5, 5.41) is 0.